The second kappa shape index (κ2) is 5.92. The fraction of sp³-hybridized carbons (Fsp3) is 0.786. The third-order valence-corrected chi connectivity index (χ3v) is 5.78. The summed E-state index contributed by atoms with van der Waals surface area (Å²) in [6.07, 6.45) is -0.995. The summed E-state index contributed by atoms with van der Waals surface area (Å²) in [4.78, 5) is 37.3. The zero-order valence-electron chi connectivity index (χ0n) is 13.2. The van der Waals surface area contributed by atoms with Crippen LogP contribution in [0.5, 0.6) is 0 Å². The van der Waals surface area contributed by atoms with Crippen LogP contribution in [0.4, 0.5) is 0 Å². The molecule has 0 N–H and O–H groups in total. The Bertz CT molecular complexity index is 509. The van der Waals surface area contributed by atoms with Crippen molar-refractivity contribution in [1.29, 1.82) is 0 Å². The summed E-state index contributed by atoms with van der Waals surface area (Å²) in [5.74, 6) is -1.60. The predicted octanol–water partition coefficient (Wildman–Crippen LogP) is 1.74. The van der Waals surface area contributed by atoms with Gasteiger partial charge in [-0.2, -0.15) is 0 Å². The number of nitrogens with zero attached hydrogens (tertiary/aromatic N) is 1. The van der Waals surface area contributed by atoms with Crippen molar-refractivity contribution in [3.63, 3.8) is 0 Å². The van der Waals surface area contributed by atoms with Gasteiger partial charge in [-0.3, -0.25) is 9.59 Å². The fourth-order valence-electron chi connectivity index (χ4n) is 2.50. The zero-order chi connectivity index (χ0) is 16.8. The van der Waals surface area contributed by atoms with Crippen LogP contribution in [0.2, 0.25) is 0 Å². The van der Waals surface area contributed by atoms with E-state index in [0.717, 1.165) is 0 Å². The van der Waals surface area contributed by atoms with Crippen molar-refractivity contribution >= 4 is 41.2 Å². The number of rotatable bonds is 4. The van der Waals surface area contributed by atoms with Crippen LogP contribution < -0.4 is 0 Å². The summed E-state index contributed by atoms with van der Waals surface area (Å²) in [5.41, 5.74) is 0. The van der Waals surface area contributed by atoms with Crippen LogP contribution in [0, 0.1) is 5.92 Å². The minimum Gasteiger partial charge on any atom is -0.425 e. The van der Waals surface area contributed by atoms with Gasteiger partial charge in [-0.05, 0) is 13.8 Å². The highest BCUT2D eigenvalue weighted by molar-refractivity contribution is 8.01. The van der Waals surface area contributed by atoms with Crippen LogP contribution >= 0.6 is 23.4 Å². The maximum absolute atomic E-state index is 12.4. The first kappa shape index (κ1) is 17.4. The number of esters is 2. The number of amides is 1. The lowest BCUT2D eigenvalue weighted by Crippen LogP contribution is -2.64. The molecule has 1 amide bonds. The largest absolute Gasteiger partial charge is 0.425 e. The molecule has 8 heteroatoms. The van der Waals surface area contributed by atoms with Gasteiger partial charge in [0.2, 0.25) is 12.2 Å². The average molecular weight is 350 g/mol. The SMILES string of the molecule is CC(OC(=O)C(C)C)OC(=O)[C@@H]1N2C(=O)[C@H](Cl)[C@H]2SC1(C)C. The van der Waals surface area contributed by atoms with E-state index in [4.69, 9.17) is 21.1 Å². The van der Waals surface area contributed by atoms with E-state index in [-0.39, 0.29) is 17.2 Å². The van der Waals surface area contributed by atoms with Crippen LogP contribution in [0.1, 0.15) is 34.6 Å². The molecular formula is C14H20ClNO5S. The molecule has 6 nitrogen and oxygen atoms in total. The lowest BCUT2D eigenvalue weighted by molar-refractivity contribution is -0.192. The first-order chi connectivity index (χ1) is 10.1. The van der Waals surface area contributed by atoms with Crippen molar-refractivity contribution in [2.45, 2.75) is 62.4 Å². The van der Waals surface area contributed by atoms with Crippen molar-refractivity contribution in [3.05, 3.63) is 0 Å². The van der Waals surface area contributed by atoms with Gasteiger partial charge in [0.05, 0.1) is 5.92 Å². The number of carbonyl (C=O) groups excluding carboxylic acids is 3. The molecule has 124 valence electrons. The molecule has 0 aromatic carbocycles. The normalized spacial score (nSPS) is 30.6. The first-order valence-electron chi connectivity index (χ1n) is 7.11. The summed E-state index contributed by atoms with van der Waals surface area (Å²) in [7, 11) is 0. The number of halogens is 1. The molecule has 2 aliphatic heterocycles. The third kappa shape index (κ3) is 2.93. The van der Waals surface area contributed by atoms with E-state index in [0.29, 0.717) is 0 Å². The van der Waals surface area contributed by atoms with Crippen molar-refractivity contribution in [2.75, 3.05) is 0 Å². The van der Waals surface area contributed by atoms with Gasteiger partial charge >= 0.3 is 11.9 Å². The van der Waals surface area contributed by atoms with Crippen molar-refractivity contribution in [1.82, 2.24) is 4.90 Å². The fourth-order valence-corrected chi connectivity index (χ4v) is 4.42. The van der Waals surface area contributed by atoms with E-state index in [2.05, 4.69) is 0 Å². The lowest BCUT2D eigenvalue weighted by atomic mass is 9.98. The van der Waals surface area contributed by atoms with Crippen LogP contribution in [-0.2, 0) is 23.9 Å². The molecule has 0 saturated carbocycles. The number of carbonyl (C=O) groups is 3. The van der Waals surface area contributed by atoms with Gasteiger partial charge in [0.1, 0.15) is 16.8 Å². The van der Waals surface area contributed by atoms with Crippen LogP contribution in [0.25, 0.3) is 0 Å². The maximum atomic E-state index is 12.4. The minimum absolute atomic E-state index is 0.213. The number of fused-ring (bicyclic) bond motifs is 1. The number of hydrogen-bond donors (Lipinski definition) is 0. The summed E-state index contributed by atoms with van der Waals surface area (Å²) in [5, 5.41) is -0.812. The average Bonchev–Trinajstić information content (AvgIpc) is 2.66. The second-order valence-corrected chi connectivity index (χ2v) is 8.50. The zero-order valence-corrected chi connectivity index (χ0v) is 14.7. The van der Waals surface area contributed by atoms with Crippen LogP contribution in [-0.4, -0.2) is 50.6 Å². The van der Waals surface area contributed by atoms with E-state index in [9.17, 15) is 14.4 Å². The second-order valence-electron chi connectivity index (χ2n) is 6.26. The molecule has 2 heterocycles. The Morgan fingerprint density at radius 2 is 1.86 bits per heavy atom. The standard InChI is InChI=1S/C14H20ClNO5S/c1-6(2)12(18)20-7(3)21-13(19)9-14(4,5)22-11-8(15)10(17)16(9)11/h6-9,11H,1-5H3/t7?,8-,9-,11+/m0/s1. The monoisotopic (exact) mass is 349 g/mol. The molecule has 0 spiro atoms. The molecule has 22 heavy (non-hydrogen) atoms. The number of ether oxygens (including phenoxy) is 2. The van der Waals surface area contributed by atoms with E-state index in [1.54, 1.807) is 13.8 Å². The molecule has 2 saturated heterocycles. The van der Waals surface area contributed by atoms with Gasteiger partial charge in [-0.1, -0.05) is 13.8 Å². The molecule has 2 aliphatic rings. The van der Waals surface area contributed by atoms with E-state index < -0.39 is 34.4 Å². The van der Waals surface area contributed by atoms with Crippen LogP contribution in [0.15, 0.2) is 0 Å². The van der Waals surface area contributed by atoms with E-state index in [1.807, 2.05) is 13.8 Å². The summed E-state index contributed by atoms with van der Waals surface area (Å²) >= 11 is 7.45. The van der Waals surface area contributed by atoms with Gasteiger partial charge in [0.25, 0.3) is 0 Å². The van der Waals surface area contributed by atoms with Crippen molar-refractivity contribution in [2.24, 2.45) is 5.92 Å². The Morgan fingerprint density at radius 1 is 1.27 bits per heavy atom. The highest BCUT2D eigenvalue weighted by Gasteiger charge is 2.63. The number of thioether (sulfide) groups is 1. The molecule has 0 aliphatic carbocycles. The molecule has 0 aromatic heterocycles. The Hall–Kier alpha value is -0.950. The van der Waals surface area contributed by atoms with E-state index in [1.165, 1.54) is 23.6 Å². The highest BCUT2D eigenvalue weighted by Crippen LogP contribution is 2.52. The Labute approximate surface area is 138 Å². The van der Waals surface area contributed by atoms with Gasteiger partial charge in [-0.15, -0.1) is 23.4 Å². The molecule has 0 radical (unpaired) electrons. The third-order valence-electron chi connectivity index (χ3n) is 3.63. The Morgan fingerprint density at radius 3 is 2.41 bits per heavy atom. The quantitative estimate of drug-likeness (QED) is 0.333. The predicted molar refractivity (Wildman–Crippen MR) is 82.2 cm³/mol. The van der Waals surface area contributed by atoms with Gasteiger partial charge in [-0.25, -0.2) is 4.79 Å². The van der Waals surface area contributed by atoms with E-state index >= 15 is 0 Å². The smallest absolute Gasteiger partial charge is 0.333 e. The van der Waals surface area contributed by atoms with Gasteiger partial charge in [0, 0.05) is 11.7 Å². The molecule has 2 fully saturated rings. The minimum atomic E-state index is -0.995. The summed E-state index contributed by atoms with van der Waals surface area (Å²) < 4.78 is 9.70. The van der Waals surface area contributed by atoms with Gasteiger partial charge < -0.3 is 14.4 Å². The number of hydrogen-bond acceptors (Lipinski definition) is 6. The molecule has 4 atom stereocenters. The molecular weight excluding hydrogens is 330 g/mol. The summed E-state index contributed by atoms with van der Waals surface area (Å²) in [6.45, 7) is 8.59. The molecule has 0 bridgehead atoms. The van der Waals surface area contributed by atoms with Crippen molar-refractivity contribution in [3.8, 4) is 0 Å². The lowest BCUT2D eigenvalue weighted by Gasteiger charge is -2.41. The van der Waals surface area contributed by atoms with Crippen LogP contribution in [0.3, 0.4) is 0 Å². The molecule has 1 unspecified atom stereocenters. The number of alkyl halides is 1. The Balaban J connectivity index is 2.03. The molecule has 0 aromatic rings. The maximum Gasteiger partial charge on any atom is 0.333 e. The topological polar surface area (TPSA) is 72.9 Å². The summed E-state index contributed by atoms with van der Waals surface area (Å²) in [6, 6.07) is -0.731. The first-order valence-corrected chi connectivity index (χ1v) is 8.43. The molecule has 2 rings (SSSR count). The van der Waals surface area contributed by atoms with Gasteiger partial charge in [0.15, 0.2) is 0 Å². The Kier molecular flexibility index (Phi) is 4.69. The highest BCUT2D eigenvalue weighted by atomic mass is 35.5. The van der Waals surface area contributed by atoms with Crippen molar-refractivity contribution < 1.29 is 23.9 Å². The number of β-lactam (4-membered cyclic amide) rings is 1.